The molecule has 24 heavy (non-hydrogen) atoms. The van der Waals surface area contributed by atoms with Crippen molar-refractivity contribution < 1.29 is 13.2 Å². The Morgan fingerprint density at radius 3 is 2.67 bits per heavy atom. The van der Waals surface area contributed by atoms with E-state index < -0.39 is 15.9 Å². The third-order valence-electron chi connectivity index (χ3n) is 3.65. The molecule has 9 heteroatoms. The second-order valence-corrected chi connectivity index (χ2v) is 9.43. The molecule has 0 bridgehead atoms. The van der Waals surface area contributed by atoms with Crippen molar-refractivity contribution in [3.05, 3.63) is 39.8 Å². The van der Waals surface area contributed by atoms with Gasteiger partial charge in [-0.1, -0.05) is 15.9 Å². The van der Waals surface area contributed by atoms with Crippen molar-refractivity contribution in [1.82, 2.24) is 9.29 Å². The van der Waals surface area contributed by atoms with E-state index in [2.05, 4.69) is 26.2 Å². The third-order valence-corrected chi connectivity index (χ3v) is 6.77. The zero-order valence-electron chi connectivity index (χ0n) is 12.9. The molecule has 1 saturated carbocycles. The molecule has 6 nitrogen and oxygen atoms in total. The summed E-state index contributed by atoms with van der Waals surface area (Å²) in [5.41, 5.74) is 1.01. The number of nitrogens with zero attached hydrogens (tertiary/aromatic N) is 2. The standard InChI is InChI=1S/C15H16BrN3O3S2/c1-19(24(21,22)12-6-4-11(16)5-7-12)8-14(20)18-15-17-13(9-23-15)10-2-3-10/h4-7,9-10H,2-3,8H2,1H3,(H,17,18,20). The number of hydrogen-bond acceptors (Lipinski definition) is 5. The molecule has 0 atom stereocenters. The molecule has 0 aliphatic heterocycles. The fourth-order valence-electron chi connectivity index (χ4n) is 2.14. The molecule has 1 aliphatic rings. The molecule has 1 aromatic heterocycles. The number of hydrogen-bond donors (Lipinski definition) is 1. The monoisotopic (exact) mass is 429 g/mol. The Kier molecular flexibility index (Phi) is 5.05. The zero-order valence-corrected chi connectivity index (χ0v) is 16.1. The minimum Gasteiger partial charge on any atom is -0.301 e. The molecule has 0 spiro atoms. The highest BCUT2D eigenvalue weighted by Crippen LogP contribution is 2.40. The summed E-state index contributed by atoms with van der Waals surface area (Å²) in [5.74, 6) is 0.113. The molecule has 0 unspecified atom stereocenters. The summed E-state index contributed by atoms with van der Waals surface area (Å²) >= 11 is 4.63. The Morgan fingerprint density at radius 2 is 2.04 bits per heavy atom. The number of aromatic nitrogens is 1. The van der Waals surface area contributed by atoms with Gasteiger partial charge in [0.05, 0.1) is 17.1 Å². The number of amides is 1. The van der Waals surface area contributed by atoms with Crippen LogP contribution in [0.25, 0.3) is 0 Å². The number of carbonyl (C=O) groups is 1. The Labute approximate surface area is 153 Å². The first-order chi connectivity index (χ1) is 11.4. The zero-order chi connectivity index (χ0) is 17.3. The fourth-order valence-corrected chi connectivity index (χ4v) is 4.34. The van der Waals surface area contributed by atoms with Crippen LogP contribution in [-0.2, 0) is 14.8 Å². The van der Waals surface area contributed by atoms with Gasteiger partial charge in [0.25, 0.3) is 0 Å². The van der Waals surface area contributed by atoms with Crippen LogP contribution in [0.5, 0.6) is 0 Å². The van der Waals surface area contributed by atoms with Crippen LogP contribution in [0, 0.1) is 0 Å². The van der Waals surface area contributed by atoms with Crippen molar-refractivity contribution in [3.8, 4) is 0 Å². The Balaban J connectivity index is 1.63. The minimum absolute atomic E-state index is 0.145. The van der Waals surface area contributed by atoms with E-state index >= 15 is 0 Å². The number of thiazole rings is 1. The van der Waals surface area contributed by atoms with Gasteiger partial charge in [-0.25, -0.2) is 13.4 Å². The molecule has 1 amide bonds. The molecular formula is C15H16BrN3O3S2. The van der Waals surface area contributed by atoms with Gasteiger partial charge in [-0.3, -0.25) is 4.79 Å². The average Bonchev–Trinajstić information content (AvgIpc) is 3.28. The van der Waals surface area contributed by atoms with Gasteiger partial charge >= 0.3 is 0 Å². The molecule has 1 aliphatic carbocycles. The topological polar surface area (TPSA) is 79.4 Å². The number of halogens is 1. The summed E-state index contributed by atoms with van der Waals surface area (Å²) in [6.45, 7) is -0.267. The van der Waals surface area contributed by atoms with Gasteiger partial charge in [0, 0.05) is 22.8 Å². The summed E-state index contributed by atoms with van der Waals surface area (Å²) in [6.07, 6.45) is 2.29. The van der Waals surface area contributed by atoms with E-state index in [0.717, 1.165) is 27.3 Å². The van der Waals surface area contributed by atoms with Gasteiger partial charge in [0.1, 0.15) is 0 Å². The van der Waals surface area contributed by atoms with Crippen LogP contribution in [0.3, 0.4) is 0 Å². The number of sulfonamides is 1. The SMILES string of the molecule is CN(CC(=O)Nc1nc(C2CC2)cs1)S(=O)(=O)c1ccc(Br)cc1. The largest absolute Gasteiger partial charge is 0.301 e. The van der Waals surface area contributed by atoms with E-state index in [1.807, 2.05) is 5.38 Å². The van der Waals surface area contributed by atoms with Crippen molar-refractivity contribution in [2.75, 3.05) is 18.9 Å². The van der Waals surface area contributed by atoms with Crippen molar-refractivity contribution in [3.63, 3.8) is 0 Å². The van der Waals surface area contributed by atoms with Crippen molar-refractivity contribution >= 4 is 48.3 Å². The maximum atomic E-state index is 12.5. The average molecular weight is 430 g/mol. The normalized spacial score (nSPS) is 14.8. The van der Waals surface area contributed by atoms with Gasteiger partial charge in [-0.05, 0) is 37.1 Å². The second-order valence-electron chi connectivity index (χ2n) is 5.61. The molecule has 1 aromatic carbocycles. The molecule has 0 radical (unpaired) electrons. The van der Waals surface area contributed by atoms with E-state index in [9.17, 15) is 13.2 Å². The number of likely N-dealkylation sites (N-methyl/N-ethyl adjacent to an activating group) is 1. The summed E-state index contributed by atoms with van der Waals surface area (Å²) < 4.78 is 26.7. The lowest BCUT2D eigenvalue weighted by Gasteiger charge is -2.16. The highest BCUT2D eigenvalue weighted by molar-refractivity contribution is 9.10. The Morgan fingerprint density at radius 1 is 1.38 bits per heavy atom. The van der Waals surface area contributed by atoms with Crippen molar-refractivity contribution in [2.45, 2.75) is 23.7 Å². The van der Waals surface area contributed by atoms with E-state index in [-0.39, 0.29) is 11.4 Å². The van der Waals surface area contributed by atoms with Gasteiger partial charge in [0.2, 0.25) is 15.9 Å². The lowest BCUT2D eigenvalue weighted by molar-refractivity contribution is -0.116. The second kappa shape index (κ2) is 6.91. The van der Waals surface area contributed by atoms with Crippen molar-refractivity contribution in [2.24, 2.45) is 0 Å². The molecule has 1 fully saturated rings. The number of carbonyl (C=O) groups excluding carboxylic acids is 1. The van der Waals surface area contributed by atoms with Crippen molar-refractivity contribution in [1.29, 1.82) is 0 Å². The lowest BCUT2D eigenvalue weighted by Crippen LogP contribution is -2.34. The van der Waals surface area contributed by atoms with Crippen LogP contribution in [0.1, 0.15) is 24.5 Å². The Hall–Kier alpha value is -1.29. The summed E-state index contributed by atoms with van der Waals surface area (Å²) in [5, 5.41) is 5.11. The van der Waals surface area contributed by atoms with Crippen LogP contribution >= 0.6 is 27.3 Å². The third kappa shape index (κ3) is 4.02. The number of rotatable bonds is 6. The smallest absolute Gasteiger partial charge is 0.243 e. The van der Waals surface area contributed by atoms with E-state index in [4.69, 9.17) is 0 Å². The number of benzene rings is 1. The maximum absolute atomic E-state index is 12.5. The predicted octanol–water partition coefficient (Wildman–Crippen LogP) is 3.04. The highest BCUT2D eigenvalue weighted by atomic mass is 79.9. The highest BCUT2D eigenvalue weighted by Gasteiger charge is 2.27. The molecular weight excluding hydrogens is 414 g/mol. The van der Waals surface area contributed by atoms with Crippen LogP contribution in [0.2, 0.25) is 0 Å². The van der Waals surface area contributed by atoms with Crippen LogP contribution in [-0.4, -0.2) is 37.2 Å². The molecule has 128 valence electrons. The van der Waals surface area contributed by atoms with E-state index in [1.54, 1.807) is 12.1 Å². The molecule has 1 N–H and O–H groups in total. The van der Waals surface area contributed by atoms with Gasteiger partial charge in [-0.15, -0.1) is 11.3 Å². The van der Waals surface area contributed by atoms with Crippen LogP contribution < -0.4 is 5.32 Å². The summed E-state index contributed by atoms with van der Waals surface area (Å²) in [7, 11) is -2.32. The quantitative estimate of drug-likeness (QED) is 0.764. The molecule has 1 heterocycles. The van der Waals surface area contributed by atoms with Crippen LogP contribution in [0.4, 0.5) is 5.13 Å². The first-order valence-electron chi connectivity index (χ1n) is 7.33. The maximum Gasteiger partial charge on any atom is 0.243 e. The lowest BCUT2D eigenvalue weighted by atomic mass is 10.3. The van der Waals surface area contributed by atoms with E-state index in [1.165, 1.54) is 30.5 Å². The summed E-state index contributed by atoms with van der Waals surface area (Å²) in [4.78, 5) is 16.6. The van der Waals surface area contributed by atoms with E-state index in [0.29, 0.717) is 11.0 Å². The minimum atomic E-state index is -3.71. The van der Waals surface area contributed by atoms with Crippen LogP contribution in [0.15, 0.2) is 39.0 Å². The first kappa shape index (κ1) is 17.5. The van der Waals surface area contributed by atoms with Gasteiger partial charge in [0.15, 0.2) is 5.13 Å². The fraction of sp³-hybridized carbons (Fsp3) is 0.333. The van der Waals surface area contributed by atoms with Gasteiger partial charge < -0.3 is 5.32 Å². The molecule has 3 rings (SSSR count). The molecule has 2 aromatic rings. The number of anilines is 1. The predicted molar refractivity (Wildman–Crippen MR) is 96.7 cm³/mol. The number of nitrogens with one attached hydrogen (secondary N) is 1. The Bertz CT molecular complexity index is 845. The summed E-state index contributed by atoms with van der Waals surface area (Å²) in [6, 6.07) is 6.29. The first-order valence-corrected chi connectivity index (χ1v) is 10.4. The van der Waals surface area contributed by atoms with Gasteiger partial charge in [-0.2, -0.15) is 4.31 Å². The molecule has 0 saturated heterocycles.